The van der Waals surface area contributed by atoms with Gasteiger partial charge in [0.05, 0.1) is 16.7 Å². The number of aromatic nitrogens is 5. The van der Waals surface area contributed by atoms with Gasteiger partial charge in [-0.25, -0.2) is 0 Å². The van der Waals surface area contributed by atoms with Gasteiger partial charge < -0.3 is 13.5 Å². The van der Waals surface area contributed by atoms with Gasteiger partial charge >= 0.3 is 0 Å². The first kappa shape index (κ1) is 17.0. The summed E-state index contributed by atoms with van der Waals surface area (Å²) in [5, 5.41) is 15.5. The monoisotopic (exact) mass is 387 g/mol. The highest BCUT2D eigenvalue weighted by atomic mass is 32.2. The molecule has 0 aromatic carbocycles. The summed E-state index contributed by atoms with van der Waals surface area (Å²) in [7, 11) is 1.97. The van der Waals surface area contributed by atoms with Crippen LogP contribution in [0, 0.1) is 6.92 Å². The molecule has 4 aromatic rings. The average Bonchev–Trinajstić information content (AvgIpc) is 3.40. The minimum Gasteiger partial charge on any atom is -0.469 e. The number of furan rings is 1. The molecule has 0 fully saturated rings. The standard InChI is InChI=1S/C17H17N5O2S2/c1-11-12(7-8-23-11)16-19-20-17(22(16)2)26-10-4-6-14-18-15(21-24-14)13-5-3-9-25-13/h3,5,7-9H,4,6,10H2,1-2H3. The zero-order valence-electron chi connectivity index (χ0n) is 14.4. The van der Waals surface area contributed by atoms with Crippen molar-refractivity contribution in [3.05, 3.63) is 41.5 Å². The molecule has 0 saturated heterocycles. The molecule has 0 bridgehead atoms. The summed E-state index contributed by atoms with van der Waals surface area (Å²) >= 11 is 3.27. The van der Waals surface area contributed by atoms with Crippen molar-refractivity contribution in [1.82, 2.24) is 24.9 Å². The number of thioether (sulfide) groups is 1. The van der Waals surface area contributed by atoms with Gasteiger partial charge in [-0.1, -0.05) is 23.0 Å². The largest absolute Gasteiger partial charge is 0.469 e. The zero-order valence-corrected chi connectivity index (χ0v) is 16.0. The lowest BCUT2D eigenvalue weighted by atomic mass is 10.2. The molecular formula is C17H17N5O2S2. The first-order chi connectivity index (χ1) is 12.7. The van der Waals surface area contributed by atoms with E-state index >= 15 is 0 Å². The van der Waals surface area contributed by atoms with E-state index in [9.17, 15) is 0 Å². The van der Waals surface area contributed by atoms with E-state index in [-0.39, 0.29) is 0 Å². The van der Waals surface area contributed by atoms with E-state index in [2.05, 4.69) is 20.3 Å². The number of hydrogen-bond donors (Lipinski definition) is 0. The van der Waals surface area contributed by atoms with Crippen LogP contribution < -0.4 is 0 Å². The van der Waals surface area contributed by atoms with Crippen LogP contribution in [0.15, 0.2) is 43.9 Å². The maximum absolute atomic E-state index is 5.35. The Kier molecular flexibility index (Phi) is 4.89. The van der Waals surface area contributed by atoms with Crippen LogP contribution in [0.5, 0.6) is 0 Å². The number of aryl methyl sites for hydroxylation is 2. The molecule has 26 heavy (non-hydrogen) atoms. The fraction of sp³-hybridized carbons (Fsp3) is 0.294. The van der Waals surface area contributed by atoms with Gasteiger partial charge in [-0.3, -0.25) is 0 Å². The Balaban J connectivity index is 1.32. The van der Waals surface area contributed by atoms with Crippen molar-refractivity contribution in [3.8, 4) is 22.1 Å². The van der Waals surface area contributed by atoms with Crippen LogP contribution in [-0.2, 0) is 13.5 Å². The molecule has 0 atom stereocenters. The van der Waals surface area contributed by atoms with E-state index < -0.39 is 0 Å². The van der Waals surface area contributed by atoms with Crippen LogP contribution in [0.1, 0.15) is 18.1 Å². The van der Waals surface area contributed by atoms with Gasteiger partial charge in [-0.15, -0.1) is 21.5 Å². The average molecular weight is 387 g/mol. The third kappa shape index (κ3) is 3.45. The molecule has 0 spiro atoms. The van der Waals surface area contributed by atoms with Gasteiger partial charge in [0.1, 0.15) is 5.76 Å². The summed E-state index contributed by atoms with van der Waals surface area (Å²) in [6, 6.07) is 5.88. The molecular weight excluding hydrogens is 370 g/mol. The molecule has 0 aliphatic carbocycles. The predicted octanol–water partition coefficient (Wildman–Crippen LogP) is 4.22. The normalized spacial score (nSPS) is 11.3. The molecule has 7 nitrogen and oxygen atoms in total. The van der Waals surface area contributed by atoms with Crippen molar-refractivity contribution in [2.75, 3.05) is 5.75 Å². The molecule has 4 rings (SSSR count). The fourth-order valence-corrected chi connectivity index (χ4v) is 4.04. The fourth-order valence-electron chi connectivity index (χ4n) is 2.54. The summed E-state index contributed by atoms with van der Waals surface area (Å²) in [6.07, 6.45) is 3.33. The van der Waals surface area contributed by atoms with Crippen LogP contribution >= 0.6 is 23.1 Å². The molecule has 4 aromatic heterocycles. The lowest BCUT2D eigenvalue weighted by Gasteiger charge is -2.02. The second-order valence-electron chi connectivity index (χ2n) is 5.70. The van der Waals surface area contributed by atoms with Crippen LogP contribution in [0.3, 0.4) is 0 Å². The molecule has 134 valence electrons. The Bertz CT molecular complexity index is 987. The third-order valence-corrected chi connectivity index (χ3v) is 5.88. The highest BCUT2D eigenvalue weighted by Gasteiger charge is 2.15. The molecule has 0 amide bonds. The van der Waals surface area contributed by atoms with Gasteiger partial charge in [0.2, 0.25) is 11.7 Å². The minimum absolute atomic E-state index is 0.663. The molecule has 0 radical (unpaired) electrons. The van der Waals surface area contributed by atoms with Gasteiger partial charge in [0, 0.05) is 19.2 Å². The van der Waals surface area contributed by atoms with E-state index in [1.165, 1.54) is 0 Å². The Morgan fingerprint density at radius 2 is 2.19 bits per heavy atom. The first-order valence-corrected chi connectivity index (χ1v) is 10.0. The van der Waals surface area contributed by atoms with Crippen molar-refractivity contribution in [2.24, 2.45) is 7.05 Å². The second kappa shape index (κ2) is 7.46. The number of rotatable bonds is 7. The molecule has 0 aliphatic rings. The summed E-state index contributed by atoms with van der Waals surface area (Å²) in [4.78, 5) is 5.47. The topological polar surface area (TPSA) is 82.8 Å². The van der Waals surface area contributed by atoms with Gasteiger partial charge in [0.15, 0.2) is 11.0 Å². The van der Waals surface area contributed by atoms with Gasteiger partial charge in [-0.05, 0) is 30.9 Å². The van der Waals surface area contributed by atoms with Crippen molar-refractivity contribution >= 4 is 23.1 Å². The lowest BCUT2D eigenvalue weighted by Crippen LogP contribution is -1.96. The van der Waals surface area contributed by atoms with Crippen LogP contribution in [0.4, 0.5) is 0 Å². The molecule has 0 saturated carbocycles. The van der Waals surface area contributed by atoms with Crippen LogP contribution in [0.2, 0.25) is 0 Å². The van der Waals surface area contributed by atoms with E-state index in [0.717, 1.165) is 45.8 Å². The molecule has 4 heterocycles. The van der Waals surface area contributed by atoms with Gasteiger partial charge in [-0.2, -0.15) is 4.98 Å². The number of nitrogens with zero attached hydrogens (tertiary/aromatic N) is 5. The van der Waals surface area contributed by atoms with Gasteiger partial charge in [0.25, 0.3) is 0 Å². The molecule has 0 aliphatic heterocycles. The third-order valence-electron chi connectivity index (χ3n) is 3.91. The summed E-state index contributed by atoms with van der Waals surface area (Å²) < 4.78 is 12.7. The zero-order chi connectivity index (χ0) is 17.9. The number of hydrogen-bond acceptors (Lipinski definition) is 8. The second-order valence-corrected chi connectivity index (χ2v) is 7.71. The Hall–Kier alpha value is -2.39. The van der Waals surface area contributed by atoms with Crippen molar-refractivity contribution in [3.63, 3.8) is 0 Å². The smallest absolute Gasteiger partial charge is 0.227 e. The van der Waals surface area contributed by atoms with E-state index in [4.69, 9.17) is 8.94 Å². The quantitative estimate of drug-likeness (QED) is 0.347. The van der Waals surface area contributed by atoms with E-state index in [0.29, 0.717) is 11.7 Å². The first-order valence-electron chi connectivity index (χ1n) is 8.15. The van der Waals surface area contributed by atoms with Crippen molar-refractivity contribution < 1.29 is 8.94 Å². The lowest BCUT2D eigenvalue weighted by molar-refractivity contribution is 0.378. The minimum atomic E-state index is 0.663. The summed E-state index contributed by atoms with van der Waals surface area (Å²) in [6.45, 7) is 1.92. The van der Waals surface area contributed by atoms with Crippen LogP contribution in [0.25, 0.3) is 22.1 Å². The highest BCUT2D eigenvalue weighted by Crippen LogP contribution is 2.26. The van der Waals surface area contributed by atoms with Crippen molar-refractivity contribution in [1.29, 1.82) is 0 Å². The van der Waals surface area contributed by atoms with E-state index in [1.807, 2.05) is 42.1 Å². The SMILES string of the molecule is Cc1occc1-c1nnc(SCCCc2nc(-c3cccs3)no2)n1C. The van der Waals surface area contributed by atoms with Crippen molar-refractivity contribution in [2.45, 2.75) is 24.9 Å². The maximum atomic E-state index is 5.35. The molecule has 0 N–H and O–H groups in total. The Labute approximate surface area is 158 Å². The Morgan fingerprint density at radius 1 is 1.27 bits per heavy atom. The predicted molar refractivity (Wildman–Crippen MR) is 100 cm³/mol. The van der Waals surface area contributed by atoms with E-state index in [1.54, 1.807) is 29.4 Å². The van der Waals surface area contributed by atoms with Crippen LogP contribution in [-0.4, -0.2) is 30.7 Å². The molecule has 9 heteroatoms. The molecule has 0 unspecified atom stereocenters. The highest BCUT2D eigenvalue weighted by molar-refractivity contribution is 7.99. The summed E-state index contributed by atoms with van der Waals surface area (Å²) in [5.74, 6) is 3.89. The Morgan fingerprint density at radius 3 is 2.96 bits per heavy atom. The summed E-state index contributed by atoms with van der Waals surface area (Å²) in [5.41, 5.74) is 0.971. The maximum Gasteiger partial charge on any atom is 0.227 e. The number of thiophene rings is 1.